The molecule has 0 radical (unpaired) electrons. The minimum absolute atomic E-state index is 0.0222. The molecule has 0 fully saturated rings. The molecule has 5 heteroatoms. The zero-order chi connectivity index (χ0) is 20.9. The number of carbonyl (C=O) groups is 1. The molecule has 30 heavy (non-hydrogen) atoms. The number of rotatable bonds is 7. The Bertz CT molecular complexity index is 1010. The topological polar surface area (TPSA) is 56.1 Å². The maximum atomic E-state index is 12.5. The van der Waals surface area contributed by atoms with E-state index in [1.54, 1.807) is 0 Å². The number of carbonyl (C=O) groups excluding carboxylic acids is 1. The molecule has 1 amide bonds. The van der Waals surface area contributed by atoms with Crippen molar-refractivity contribution < 1.29 is 9.53 Å². The summed E-state index contributed by atoms with van der Waals surface area (Å²) in [6, 6.07) is 16.4. The lowest BCUT2D eigenvalue weighted by atomic mass is 9.92. The second-order valence-corrected chi connectivity index (χ2v) is 8.00. The normalized spacial score (nSPS) is 15.5. The predicted octanol–water partition coefficient (Wildman–Crippen LogP) is 4.51. The van der Waals surface area contributed by atoms with Gasteiger partial charge in [-0.15, -0.1) is 0 Å². The van der Waals surface area contributed by atoms with Crippen molar-refractivity contribution in [2.75, 3.05) is 6.61 Å². The van der Waals surface area contributed by atoms with Crippen molar-refractivity contribution in [2.45, 2.75) is 52.1 Å². The van der Waals surface area contributed by atoms with Gasteiger partial charge in [0.1, 0.15) is 5.75 Å². The summed E-state index contributed by atoms with van der Waals surface area (Å²) in [7, 11) is 0. The van der Waals surface area contributed by atoms with Crippen molar-refractivity contribution >= 4 is 5.91 Å². The molecule has 0 saturated heterocycles. The first-order valence-electron chi connectivity index (χ1n) is 10.7. The maximum absolute atomic E-state index is 12.5. The zero-order valence-corrected chi connectivity index (χ0v) is 17.7. The Kier molecular flexibility index (Phi) is 6.17. The number of nitrogens with one attached hydrogen (secondary N) is 1. The lowest BCUT2D eigenvalue weighted by Gasteiger charge is -2.24. The highest BCUT2D eigenvalue weighted by Crippen LogP contribution is 2.30. The van der Waals surface area contributed by atoms with Crippen molar-refractivity contribution in [3.05, 3.63) is 82.7 Å². The molecule has 1 atom stereocenters. The average Bonchev–Trinajstić information content (AvgIpc) is 3.16. The van der Waals surface area contributed by atoms with Gasteiger partial charge in [0.2, 0.25) is 5.91 Å². The Labute approximate surface area is 178 Å². The van der Waals surface area contributed by atoms with Crippen LogP contribution in [0.3, 0.4) is 0 Å². The number of hydrogen-bond donors (Lipinski definition) is 1. The Morgan fingerprint density at radius 2 is 2.00 bits per heavy atom. The number of ether oxygens (including phenoxy) is 1. The maximum Gasteiger partial charge on any atom is 0.223 e. The molecule has 156 valence electrons. The van der Waals surface area contributed by atoms with Gasteiger partial charge in [-0.25, -0.2) is 0 Å². The van der Waals surface area contributed by atoms with E-state index < -0.39 is 0 Å². The molecule has 0 unspecified atom stereocenters. The number of nitrogens with zero attached hydrogens (tertiary/aromatic N) is 2. The van der Waals surface area contributed by atoms with Crippen LogP contribution in [-0.4, -0.2) is 22.3 Å². The molecule has 5 nitrogen and oxygen atoms in total. The van der Waals surface area contributed by atoms with Gasteiger partial charge in [0.15, 0.2) is 0 Å². The monoisotopic (exact) mass is 403 g/mol. The Hall–Kier alpha value is -3.08. The summed E-state index contributed by atoms with van der Waals surface area (Å²) in [6.45, 7) is 5.25. The molecular formula is C25H29N3O2. The van der Waals surface area contributed by atoms with E-state index >= 15 is 0 Å². The van der Waals surface area contributed by atoms with Crippen LogP contribution in [0.5, 0.6) is 5.75 Å². The number of aryl methyl sites for hydroxylation is 1. The largest absolute Gasteiger partial charge is 0.493 e. The summed E-state index contributed by atoms with van der Waals surface area (Å²) in [6.07, 6.45) is 5.28. The van der Waals surface area contributed by atoms with Crippen LogP contribution in [0.25, 0.3) is 0 Å². The smallest absolute Gasteiger partial charge is 0.223 e. The average molecular weight is 404 g/mol. The molecule has 4 rings (SSSR count). The number of amides is 1. The molecule has 1 N–H and O–H groups in total. The van der Waals surface area contributed by atoms with Gasteiger partial charge in [0.25, 0.3) is 0 Å². The van der Waals surface area contributed by atoms with E-state index in [1.807, 2.05) is 31.3 Å². The van der Waals surface area contributed by atoms with Crippen LogP contribution in [0, 0.1) is 13.8 Å². The summed E-state index contributed by atoms with van der Waals surface area (Å²) in [5, 5.41) is 7.80. The van der Waals surface area contributed by atoms with Gasteiger partial charge in [0.05, 0.1) is 31.8 Å². The molecule has 0 spiro atoms. The highest BCUT2D eigenvalue weighted by molar-refractivity contribution is 5.76. The molecule has 1 aliphatic rings. The van der Waals surface area contributed by atoms with Crippen LogP contribution < -0.4 is 10.1 Å². The summed E-state index contributed by atoms with van der Waals surface area (Å²) in [4.78, 5) is 12.5. The molecule has 1 heterocycles. The van der Waals surface area contributed by atoms with E-state index in [1.165, 1.54) is 16.8 Å². The molecule has 3 aromatic rings. The summed E-state index contributed by atoms with van der Waals surface area (Å²) in [5.74, 6) is 0.874. The van der Waals surface area contributed by atoms with Crippen molar-refractivity contribution in [1.29, 1.82) is 0 Å². The highest BCUT2D eigenvalue weighted by atomic mass is 16.5. The Morgan fingerprint density at radius 1 is 1.17 bits per heavy atom. The summed E-state index contributed by atoms with van der Waals surface area (Å²) >= 11 is 0. The molecule has 0 aliphatic heterocycles. The van der Waals surface area contributed by atoms with E-state index in [0.717, 1.165) is 42.7 Å². The molecule has 0 saturated carbocycles. The van der Waals surface area contributed by atoms with E-state index in [4.69, 9.17) is 4.74 Å². The minimum atomic E-state index is 0.0222. The van der Waals surface area contributed by atoms with Gasteiger partial charge in [-0.05, 0) is 55.9 Å². The van der Waals surface area contributed by atoms with Crippen LogP contribution >= 0.6 is 0 Å². The third kappa shape index (κ3) is 4.56. The number of fused-ring (bicyclic) bond motifs is 1. The molecule has 2 aromatic carbocycles. The lowest BCUT2D eigenvalue weighted by molar-refractivity contribution is -0.122. The van der Waals surface area contributed by atoms with Gasteiger partial charge >= 0.3 is 0 Å². The summed E-state index contributed by atoms with van der Waals surface area (Å²) < 4.78 is 7.92. The van der Waals surface area contributed by atoms with E-state index in [2.05, 4.69) is 52.4 Å². The first-order chi connectivity index (χ1) is 14.6. The zero-order valence-electron chi connectivity index (χ0n) is 17.7. The van der Waals surface area contributed by atoms with Crippen LogP contribution in [0.15, 0.2) is 54.7 Å². The fourth-order valence-corrected chi connectivity index (χ4v) is 4.06. The predicted molar refractivity (Wildman–Crippen MR) is 118 cm³/mol. The van der Waals surface area contributed by atoms with Crippen LogP contribution in [0.4, 0.5) is 0 Å². The van der Waals surface area contributed by atoms with Crippen LogP contribution in [0.2, 0.25) is 0 Å². The minimum Gasteiger partial charge on any atom is -0.493 e. The second kappa shape index (κ2) is 9.16. The number of benzene rings is 2. The molecule has 1 aromatic heterocycles. The highest BCUT2D eigenvalue weighted by Gasteiger charge is 2.25. The third-order valence-corrected chi connectivity index (χ3v) is 5.91. The molecule has 1 aliphatic carbocycles. The number of aromatic nitrogens is 2. The fraction of sp³-hybridized carbons (Fsp3) is 0.360. The van der Waals surface area contributed by atoms with E-state index in [9.17, 15) is 4.79 Å². The first kappa shape index (κ1) is 20.2. The quantitative estimate of drug-likeness (QED) is 0.631. The Morgan fingerprint density at radius 3 is 2.83 bits per heavy atom. The third-order valence-electron chi connectivity index (χ3n) is 5.91. The van der Waals surface area contributed by atoms with Gasteiger partial charge in [-0.1, -0.05) is 42.5 Å². The van der Waals surface area contributed by atoms with Crippen molar-refractivity contribution in [3.8, 4) is 5.75 Å². The number of hydrogen-bond acceptors (Lipinski definition) is 3. The van der Waals surface area contributed by atoms with E-state index in [0.29, 0.717) is 13.0 Å². The molecule has 0 bridgehead atoms. The molecular weight excluding hydrogens is 374 g/mol. The van der Waals surface area contributed by atoms with Crippen molar-refractivity contribution in [3.63, 3.8) is 0 Å². The van der Waals surface area contributed by atoms with E-state index in [-0.39, 0.29) is 11.9 Å². The van der Waals surface area contributed by atoms with Gasteiger partial charge in [0, 0.05) is 11.3 Å². The van der Waals surface area contributed by atoms with Crippen LogP contribution in [-0.2, 0) is 17.8 Å². The van der Waals surface area contributed by atoms with Gasteiger partial charge in [-0.3, -0.25) is 9.48 Å². The van der Waals surface area contributed by atoms with Crippen LogP contribution in [0.1, 0.15) is 53.3 Å². The van der Waals surface area contributed by atoms with Gasteiger partial charge in [-0.2, -0.15) is 5.10 Å². The lowest BCUT2D eigenvalue weighted by Crippen LogP contribution is -2.31. The second-order valence-electron chi connectivity index (χ2n) is 8.00. The first-order valence-corrected chi connectivity index (χ1v) is 10.7. The van der Waals surface area contributed by atoms with Crippen molar-refractivity contribution in [1.82, 2.24) is 15.1 Å². The fourth-order valence-electron chi connectivity index (χ4n) is 4.06. The standard InChI is InChI=1S/C25H29N3O2/c1-18-8-6-13-24(19(18)2)30-15-14-25(29)27-22-11-7-12-23-21(22)16-26-28(23)17-20-9-4-3-5-10-20/h3-6,8-10,13,16,22H,7,11-12,14-15,17H2,1-2H3,(H,27,29)/t22-/m0/s1. The van der Waals surface area contributed by atoms with Gasteiger partial charge < -0.3 is 10.1 Å². The van der Waals surface area contributed by atoms with Crippen molar-refractivity contribution in [2.24, 2.45) is 0 Å². The Balaban J connectivity index is 1.34. The summed E-state index contributed by atoms with van der Waals surface area (Å²) in [5.41, 5.74) is 5.95. The SMILES string of the molecule is Cc1cccc(OCCC(=O)N[C@H]2CCCc3c2cnn3Cc2ccccc2)c1C.